The van der Waals surface area contributed by atoms with Crippen LogP contribution in [0.1, 0.15) is 51.8 Å². The molecule has 0 bridgehead atoms. The molecule has 0 spiro atoms. The predicted molar refractivity (Wildman–Crippen MR) is 84.0 cm³/mol. The third kappa shape index (κ3) is 3.06. The zero-order valence-corrected chi connectivity index (χ0v) is 12.6. The topological polar surface area (TPSA) is 24.9 Å². The molecule has 102 valence electrons. The van der Waals surface area contributed by atoms with Gasteiger partial charge in [0.05, 0.1) is 5.52 Å². The molecule has 2 nitrogen and oxygen atoms in total. The van der Waals surface area contributed by atoms with Crippen molar-refractivity contribution in [1.82, 2.24) is 4.98 Å². The number of hydrogen-bond donors (Lipinski definition) is 1. The van der Waals surface area contributed by atoms with Crippen molar-refractivity contribution in [2.75, 3.05) is 5.32 Å². The van der Waals surface area contributed by atoms with Crippen LogP contribution in [0.5, 0.6) is 0 Å². The van der Waals surface area contributed by atoms with Crippen molar-refractivity contribution in [3.8, 4) is 0 Å². The highest BCUT2D eigenvalue weighted by Gasteiger charge is 2.09. The first-order valence-electron chi connectivity index (χ1n) is 7.21. The van der Waals surface area contributed by atoms with E-state index in [4.69, 9.17) is 4.98 Å². The standard InChI is InChI=1S/C17H24N2/c1-6-13-9-16(11(2)3)15-8-7-14(18-12(4)5)10-17(15)19-13/h7-12,18H,6H2,1-5H3. The average molecular weight is 256 g/mol. The lowest BCUT2D eigenvalue weighted by Gasteiger charge is -2.14. The molecule has 2 rings (SSSR count). The quantitative estimate of drug-likeness (QED) is 0.854. The SMILES string of the molecule is CCc1cc(C(C)C)c2ccc(NC(C)C)cc2n1. The van der Waals surface area contributed by atoms with E-state index in [-0.39, 0.29) is 0 Å². The number of nitrogens with one attached hydrogen (secondary N) is 1. The molecule has 1 heterocycles. The van der Waals surface area contributed by atoms with Gasteiger partial charge in [-0.05, 0) is 49.9 Å². The van der Waals surface area contributed by atoms with Crippen molar-refractivity contribution in [1.29, 1.82) is 0 Å². The monoisotopic (exact) mass is 256 g/mol. The second kappa shape index (κ2) is 5.60. The van der Waals surface area contributed by atoms with Gasteiger partial charge in [-0.25, -0.2) is 0 Å². The predicted octanol–water partition coefficient (Wildman–Crippen LogP) is 4.74. The minimum absolute atomic E-state index is 0.441. The fourth-order valence-corrected chi connectivity index (χ4v) is 2.39. The van der Waals surface area contributed by atoms with Crippen LogP contribution in [-0.4, -0.2) is 11.0 Å². The fraction of sp³-hybridized carbons (Fsp3) is 0.471. The van der Waals surface area contributed by atoms with Crippen LogP contribution in [0.2, 0.25) is 0 Å². The van der Waals surface area contributed by atoms with Gasteiger partial charge in [0.25, 0.3) is 0 Å². The minimum Gasteiger partial charge on any atom is -0.383 e. The van der Waals surface area contributed by atoms with Crippen molar-refractivity contribution in [3.05, 3.63) is 35.5 Å². The van der Waals surface area contributed by atoms with E-state index in [1.807, 2.05) is 0 Å². The molecule has 2 aromatic rings. The summed E-state index contributed by atoms with van der Waals surface area (Å²) >= 11 is 0. The minimum atomic E-state index is 0.441. The maximum atomic E-state index is 4.76. The lowest BCUT2D eigenvalue weighted by molar-refractivity contribution is 0.866. The molecule has 1 aromatic carbocycles. The molecule has 1 aromatic heterocycles. The van der Waals surface area contributed by atoms with E-state index < -0.39 is 0 Å². The molecule has 0 saturated carbocycles. The molecule has 0 aliphatic heterocycles. The molecule has 0 saturated heterocycles. The molecule has 0 radical (unpaired) electrons. The van der Waals surface area contributed by atoms with Crippen LogP contribution in [0.4, 0.5) is 5.69 Å². The van der Waals surface area contributed by atoms with Crippen molar-refractivity contribution in [2.24, 2.45) is 0 Å². The van der Waals surface area contributed by atoms with Gasteiger partial charge in [0.2, 0.25) is 0 Å². The maximum Gasteiger partial charge on any atom is 0.0728 e. The Morgan fingerprint density at radius 2 is 1.84 bits per heavy atom. The van der Waals surface area contributed by atoms with E-state index in [1.54, 1.807) is 0 Å². The Morgan fingerprint density at radius 3 is 2.42 bits per heavy atom. The summed E-state index contributed by atoms with van der Waals surface area (Å²) in [5.41, 5.74) is 4.84. The van der Waals surface area contributed by atoms with E-state index in [0.29, 0.717) is 12.0 Å². The zero-order chi connectivity index (χ0) is 14.0. The average Bonchev–Trinajstić information content (AvgIpc) is 2.36. The van der Waals surface area contributed by atoms with Gasteiger partial charge in [0, 0.05) is 22.8 Å². The number of fused-ring (bicyclic) bond motifs is 1. The van der Waals surface area contributed by atoms with Gasteiger partial charge in [-0.2, -0.15) is 0 Å². The lowest BCUT2D eigenvalue weighted by Crippen LogP contribution is -2.09. The number of aromatic nitrogens is 1. The second-order valence-corrected chi connectivity index (χ2v) is 5.74. The lowest BCUT2D eigenvalue weighted by atomic mass is 9.97. The Bertz CT molecular complexity index is 571. The van der Waals surface area contributed by atoms with Gasteiger partial charge < -0.3 is 5.32 Å². The van der Waals surface area contributed by atoms with Gasteiger partial charge in [-0.3, -0.25) is 4.98 Å². The largest absolute Gasteiger partial charge is 0.383 e. The first kappa shape index (κ1) is 13.9. The summed E-state index contributed by atoms with van der Waals surface area (Å²) in [7, 11) is 0. The molecule has 2 heteroatoms. The number of pyridine rings is 1. The maximum absolute atomic E-state index is 4.76. The number of aryl methyl sites for hydroxylation is 1. The van der Waals surface area contributed by atoms with Crippen molar-refractivity contribution >= 4 is 16.6 Å². The van der Waals surface area contributed by atoms with E-state index in [9.17, 15) is 0 Å². The first-order valence-corrected chi connectivity index (χ1v) is 7.21. The molecule has 0 aliphatic rings. The van der Waals surface area contributed by atoms with Crippen LogP contribution >= 0.6 is 0 Å². The molecule has 19 heavy (non-hydrogen) atoms. The molecule has 1 N–H and O–H groups in total. The van der Waals surface area contributed by atoms with Gasteiger partial charge in [-0.1, -0.05) is 26.8 Å². The summed E-state index contributed by atoms with van der Waals surface area (Å²) in [5, 5.41) is 4.72. The Labute approximate surface area is 116 Å². The summed E-state index contributed by atoms with van der Waals surface area (Å²) < 4.78 is 0. The Balaban J connectivity index is 2.57. The summed E-state index contributed by atoms with van der Waals surface area (Å²) in [6, 6.07) is 9.21. The van der Waals surface area contributed by atoms with Gasteiger partial charge in [0.1, 0.15) is 0 Å². The number of rotatable bonds is 4. The van der Waals surface area contributed by atoms with Crippen molar-refractivity contribution in [2.45, 2.75) is 53.0 Å². The van der Waals surface area contributed by atoms with E-state index in [2.05, 4.69) is 64.2 Å². The van der Waals surface area contributed by atoms with E-state index in [1.165, 1.54) is 16.6 Å². The summed E-state index contributed by atoms with van der Waals surface area (Å²) in [6.07, 6.45) is 0.984. The first-order chi connectivity index (χ1) is 9.01. The Kier molecular flexibility index (Phi) is 4.08. The highest BCUT2D eigenvalue weighted by Crippen LogP contribution is 2.27. The van der Waals surface area contributed by atoms with Crippen molar-refractivity contribution < 1.29 is 0 Å². The molecule has 0 unspecified atom stereocenters. The van der Waals surface area contributed by atoms with Crippen LogP contribution in [0.3, 0.4) is 0 Å². The van der Waals surface area contributed by atoms with Crippen LogP contribution in [0.25, 0.3) is 10.9 Å². The summed E-state index contributed by atoms with van der Waals surface area (Å²) in [4.78, 5) is 4.76. The third-order valence-corrected chi connectivity index (χ3v) is 3.33. The molecular weight excluding hydrogens is 232 g/mol. The molecule has 0 atom stereocenters. The highest BCUT2D eigenvalue weighted by atomic mass is 14.9. The highest BCUT2D eigenvalue weighted by molar-refractivity contribution is 5.86. The van der Waals surface area contributed by atoms with Gasteiger partial charge in [0.15, 0.2) is 0 Å². The molecule has 0 fully saturated rings. The Hall–Kier alpha value is -1.57. The molecule has 0 amide bonds. The van der Waals surface area contributed by atoms with Crippen LogP contribution in [0, 0.1) is 0 Å². The smallest absolute Gasteiger partial charge is 0.0728 e. The molecule has 0 aliphatic carbocycles. The summed E-state index contributed by atoms with van der Waals surface area (Å²) in [6.45, 7) is 11.0. The van der Waals surface area contributed by atoms with E-state index in [0.717, 1.165) is 17.6 Å². The fourth-order valence-electron chi connectivity index (χ4n) is 2.39. The number of hydrogen-bond acceptors (Lipinski definition) is 2. The second-order valence-electron chi connectivity index (χ2n) is 5.74. The van der Waals surface area contributed by atoms with Crippen LogP contribution < -0.4 is 5.32 Å². The normalized spacial score (nSPS) is 11.5. The van der Waals surface area contributed by atoms with Crippen LogP contribution in [0.15, 0.2) is 24.3 Å². The van der Waals surface area contributed by atoms with Crippen molar-refractivity contribution in [3.63, 3.8) is 0 Å². The third-order valence-electron chi connectivity index (χ3n) is 3.33. The Morgan fingerprint density at radius 1 is 1.11 bits per heavy atom. The number of anilines is 1. The van der Waals surface area contributed by atoms with Gasteiger partial charge >= 0.3 is 0 Å². The number of nitrogens with zero attached hydrogens (tertiary/aromatic N) is 1. The number of benzene rings is 1. The van der Waals surface area contributed by atoms with E-state index >= 15 is 0 Å². The summed E-state index contributed by atoms with van der Waals surface area (Å²) in [5.74, 6) is 0.528. The van der Waals surface area contributed by atoms with Gasteiger partial charge in [-0.15, -0.1) is 0 Å². The van der Waals surface area contributed by atoms with Crippen LogP contribution in [-0.2, 0) is 6.42 Å². The zero-order valence-electron chi connectivity index (χ0n) is 12.6. The molecular formula is C17H24N2.